The van der Waals surface area contributed by atoms with Crippen molar-refractivity contribution in [3.8, 4) is 0 Å². The molecule has 68 valence electrons. The molecule has 0 aromatic heterocycles. The van der Waals surface area contributed by atoms with E-state index in [0.717, 1.165) is 24.7 Å². The molecular formula is C8H18O2S. The van der Waals surface area contributed by atoms with Gasteiger partial charge in [0.2, 0.25) is 0 Å². The molecule has 1 aliphatic rings. The van der Waals surface area contributed by atoms with Crippen LogP contribution in [0.5, 0.6) is 0 Å². The summed E-state index contributed by atoms with van der Waals surface area (Å²) in [4.78, 5) is 0. The van der Waals surface area contributed by atoms with Crippen molar-refractivity contribution in [3.63, 3.8) is 0 Å². The first kappa shape index (κ1) is 11.1. The fourth-order valence-corrected chi connectivity index (χ4v) is 1.12. The van der Waals surface area contributed by atoms with E-state index < -0.39 is 10.8 Å². The maximum atomic E-state index is 10.3. The minimum Gasteiger partial charge on any atom is -0.381 e. The van der Waals surface area contributed by atoms with Crippen LogP contribution < -0.4 is 0 Å². The van der Waals surface area contributed by atoms with Gasteiger partial charge in [0.1, 0.15) is 0 Å². The van der Waals surface area contributed by atoms with Crippen molar-refractivity contribution in [2.24, 2.45) is 0 Å². The Labute approximate surface area is 71.8 Å². The smallest absolute Gasteiger partial charge is 0.0466 e. The molecule has 0 N–H and O–H groups in total. The zero-order valence-electron chi connectivity index (χ0n) is 7.47. The zero-order chi connectivity index (χ0) is 8.53. The summed E-state index contributed by atoms with van der Waals surface area (Å²) in [7, 11) is -0.534. The third-order valence-electron chi connectivity index (χ3n) is 1.47. The van der Waals surface area contributed by atoms with E-state index in [1.807, 2.05) is 13.8 Å². The monoisotopic (exact) mass is 178 g/mol. The Hall–Kier alpha value is 0.110. The van der Waals surface area contributed by atoms with Gasteiger partial charge >= 0.3 is 0 Å². The molecule has 0 radical (unpaired) electrons. The van der Waals surface area contributed by atoms with Gasteiger partial charge in [0, 0.05) is 35.5 Å². The summed E-state index contributed by atoms with van der Waals surface area (Å²) in [5.74, 6) is 1.60. The lowest BCUT2D eigenvalue weighted by Gasteiger charge is -1.84. The molecular weight excluding hydrogens is 160 g/mol. The molecule has 0 bridgehead atoms. The van der Waals surface area contributed by atoms with Crippen molar-refractivity contribution in [2.75, 3.05) is 24.7 Å². The van der Waals surface area contributed by atoms with Crippen LogP contribution >= 0.6 is 0 Å². The quantitative estimate of drug-likeness (QED) is 0.641. The maximum Gasteiger partial charge on any atom is 0.0466 e. The van der Waals surface area contributed by atoms with Crippen molar-refractivity contribution in [3.05, 3.63) is 0 Å². The van der Waals surface area contributed by atoms with E-state index >= 15 is 0 Å². The normalized spacial score (nSPS) is 16.3. The summed E-state index contributed by atoms with van der Waals surface area (Å²) >= 11 is 0. The maximum absolute atomic E-state index is 10.3. The molecule has 3 heteroatoms. The van der Waals surface area contributed by atoms with E-state index in [4.69, 9.17) is 4.74 Å². The van der Waals surface area contributed by atoms with Crippen molar-refractivity contribution in [2.45, 2.75) is 26.7 Å². The second-order valence-electron chi connectivity index (χ2n) is 2.34. The lowest BCUT2D eigenvalue weighted by Crippen LogP contribution is -1.93. The van der Waals surface area contributed by atoms with E-state index in [1.54, 1.807) is 0 Å². The summed E-state index contributed by atoms with van der Waals surface area (Å²) < 4.78 is 15.2. The molecule has 2 nitrogen and oxygen atoms in total. The van der Waals surface area contributed by atoms with E-state index in [1.165, 1.54) is 12.8 Å². The number of ether oxygens (including phenoxy) is 1. The Morgan fingerprint density at radius 2 is 1.64 bits per heavy atom. The first-order valence-corrected chi connectivity index (χ1v) is 5.72. The van der Waals surface area contributed by atoms with E-state index in [9.17, 15) is 4.21 Å². The summed E-state index contributed by atoms with van der Waals surface area (Å²) in [6, 6.07) is 0. The van der Waals surface area contributed by atoms with Gasteiger partial charge in [-0.25, -0.2) is 0 Å². The van der Waals surface area contributed by atoms with Crippen LogP contribution in [0.4, 0.5) is 0 Å². The number of hydrogen-bond donors (Lipinski definition) is 0. The van der Waals surface area contributed by atoms with Gasteiger partial charge in [0.15, 0.2) is 0 Å². The highest BCUT2D eigenvalue weighted by Crippen LogP contribution is 1.98. The lowest BCUT2D eigenvalue weighted by molar-refractivity contribution is 0.198. The van der Waals surface area contributed by atoms with Crippen LogP contribution in [0.1, 0.15) is 26.7 Å². The van der Waals surface area contributed by atoms with Gasteiger partial charge < -0.3 is 4.74 Å². The predicted molar refractivity (Wildman–Crippen MR) is 49.3 cm³/mol. The van der Waals surface area contributed by atoms with E-state index in [2.05, 4.69) is 0 Å². The summed E-state index contributed by atoms with van der Waals surface area (Å²) in [6.07, 6.45) is 2.56. The molecule has 0 saturated carbocycles. The zero-order valence-corrected chi connectivity index (χ0v) is 8.28. The van der Waals surface area contributed by atoms with Gasteiger partial charge in [-0.1, -0.05) is 13.8 Å². The van der Waals surface area contributed by atoms with Crippen LogP contribution in [-0.2, 0) is 15.5 Å². The standard InChI is InChI=1S/C4H10OS.C4H8O/c1-3-6(5)4-2;1-2-4-5-3-1/h3-4H2,1-2H3;1-4H2. The molecule has 1 rings (SSSR count). The lowest BCUT2D eigenvalue weighted by atomic mass is 10.4. The molecule has 1 saturated heterocycles. The van der Waals surface area contributed by atoms with Gasteiger partial charge in [-0.05, 0) is 12.8 Å². The number of hydrogen-bond acceptors (Lipinski definition) is 2. The van der Waals surface area contributed by atoms with Crippen LogP contribution in [0.2, 0.25) is 0 Å². The Kier molecular flexibility index (Phi) is 8.29. The summed E-state index contributed by atoms with van der Waals surface area (Å²) in [5, 5.41) is 0. The molecule has 0 aromatic carbocycles. The van der Waals surface area contributed by atoms with Crippen LogP contribution in [0, 0.1) is 0 Å². The first-order chi connectivity index (χ1) is 5.31. The largest absolute Gasteiger partial charge is 0.381 e. The van der Waals surface area contributed by atoms with Gasteiger partial charge in [-0.2, -0.15) is 0 Å². The Morgan fingerprint density at radius 1 is 1.18 bits per heavy atom. The molecule has 0 aliphatic carbocycles. The highest BCUT2D eigenvalue weighted by molar-refractivity contribution is 7.84. The van der Waals surface area contributed by atoms with Crippen LogP contribution in [0.3, 0.4) is 0 Å². The van der Waals surface area contributed by atoms with Crippen molar-refractivity contribution < 1.29 is 8.95 Å². The van der Waals surface area contributed by atoms with Gasteiger partial charge in [-0.3, -0.25) is 4.21 Å². The van der Waals surface area contributed by atoms with E-state index in [-0.39, 0.29) is 0 Å². The predicted octanol–water partition coefficient (Wildman–Crippen LogP) is 1.57. The molecule has 1 fully saturated rings. The van der Waals surface area contributed by atoms with Crippen LogP contribution in [0.25, 0.3) is 0 Å². The fraction of sp³-hybridized carbons (Fsp3) is 1.00. The van der Waals surface area contributed by atoms with E-state index in [0.29, 0.717) is 0 Å². The topological polar surface area (TPSA) is 26.3 Å². The van der Waals surface area contributed by atoms with Gasteiger partial charge in [0.05, 0.1) is 0 Å². The molecule has 0 aromatic rings. The summed E-state index contributed by atoms with van der Waals surface area (Å²) in [6.45, 7) is 5.86. The minimum atomic E-state index is -0.534. The average molecular weight is 178 g/mol. The molecule has 0 spiro atoms. The van der Waals surface area contributed by atoms with Crippen molar-refractivity contribution >= 4 is 10.8 Å². The molecule has 0 atom stereocenters. The minimum absolute atomic E-state index is 0.534. The highest BCUT2D eigenvalue weighted by atomic mass is 32.2. The SMILES string of the molecule is C1CCOC1.CCS(=O)CC. The van der Waals surface area contributed by atoms with Gasteiger partial charge in [-0.15, -0.1) is 0 Å². The van der Waals surface area contributed by atoms with Crippen molar-refractivity contribution in [1.29, 1.82) is 0 Å². The molecule has 0 amide bonds. The fourth-order valence-electron chi connectivity index (χ4n) is 0.714. The average Bonchev–Trinajstić information content (AvgIpc) is 2.60. The third kappa shape index (κ3) is 8.01. The molecule has 11 heavy (non-hydrogen) atoms. The molecule has 1 heterocycles. The summed E-state index contributed by atoms with van der Waals surface area (Å²) in [5.41, 5.74) is 0. The van der Waals surface area contributed by atoms with Crippen LogP contribution in [0.15, 0.2) is 0 Å². The Balaban J connectivity index is 0.000000183. The molecule has 1 aliphatic heterocycles. The van der Waals surface area contributed by atoms with Crippen LogP contribution in [-0.4, -0.2) is 28.9 Å². The second-order valence-corrected chi connectivity index (χ2v) is 4.37. The first-order valence-electron chi connectivity index (χ1n) is 4.24. The highest BCUT2D eigenvalue weighted by Gasteiger charge is 1.94. The third-order valence-corrected chi connectivity index (χ3v) is 2.76. The second kappa shape index (κ2) is 8.21. The van der Waals surface area contributed by atoms with Crippen molar-refractivity contribution in [1.82, 2.24) is 0 Å². The molecule has 0 unspecified atom stereocenters. The Bertz CT molecular complexity index is 86.7. The Morgan fingerprint density at radius 3 is 1.73 bits per heavy atom. The number of rotatable bonds is 2. The van der Waals surface area contributed by atoms with Gasteiger partial charge in [0.25, 0.3) is 0 Å².